The molecule has 0 aromatic heterocycles. The molecule has 88 valence electrons. The van der Waals surface area contributed by atoms with Crippen LogP contribution in [0, 0.1) is 0 Å². The fourth-order valence-corrected chi connectivity index (χ4v) is 0.975. The number of carbonyl (C=O) groups is 2. The molecule has 0 saturated heterocycles. The van der Waals surface area contributed by atoms with Crippen LogP contribution in [0.25, 0.3) is 0 Å². The van der Waals surface area contributed by atoms with Crippen LogP contribution in [0.15, 0.2) is 30.3 Å². The highest BCUT2D eigenvalue weighted by atomic mass is 35.5. The van der Waals surface area contributed by atoms with Gasteiger partial charge in [0.05, 0.1) is 6.61 Å². The normalized spacial score (nSPS) is 8.69. The number of benzene rings is 1. The van der Waals surface area contributed by atoms with E-state index in [1.807, 2.05) is 30.3 Å². The molecule has 0 radical (unpaired) electrons. The second kappa shape index (κ2) is 8.92. The van der Waals surface area contributed by atoms with E-state index in [-0.39, 0.29) is 12.2 Å². The van der Waals surface area contributed by atoms with Crippen LogP contribution < -0.4 is 0 Å². The van der Waals surface area contributed by atoms with E-state index in [0.717, 1.165) is 5.02 Å². The third-order valence-corrected chi connectivity index (χ3v) is 1.68. The fraction of sp³-hybridized carbons (Fsp3) is 0.333. The highest BCUT2D eigenvalue weighted by molar-refractivity contribution is 6.30. The number of ether oxygens (including phenoxy) is 1. The van der Waals surface area contributed by atoms with E-state index < -0.39 is 5.97 Å². The maximum atomic E-state index is 10.4. The Hall–Kier alpha value is -1.35. The average molecular weight is 243 g/mol. The number of rotatable bonds is 3. The van der Waals surface area contributed by atoms with Gasteiger partial charge < -0.3 is 4.74 Å². The van der Waals surface area contributed by atoms with Crippen LogP contribution in [-0.4, -0.2) is 18.4 Å². The Bertz CT molecular complexity index is 322. The molecule has 0 heterocycles. The number of ketones is 1. The van der Waals surface area contributed by atoms with Crippen molar-refractivity contribution >= 4 is 23.4 Å². The summed E-state index contributed by atoms with van der Waals surface area (Å²) >= 11 is 5.54. The molecule has 0 saturated carbocycles. The summed E-state index contributed by atoms with van der Waals surface area (Å²) in [7, 11) is 0. The van der Waals surface area contributed by atoms with Crippen molar-refractivity contribution in [1.82, 2.24) is 0 Å². The first-order valence-corrected chi connectivity index (χ1v) is 5.29. The van der Waals surface area contributed by atoms with Crippen LogP contribution in [-0.2, 0) is 14.3 Å². The van der Waals surface area contributed by atoms with Gasteiger partial charge in [-0.25, -0.2) is 0 Å². The molecule has 1 aromatic carbocycles. The van der Waals surface area contributed by atoms with Gasteiger partial charge in [0.1, 0.15) is 12.2 Å². The molecule has 4 heteroatoms. The maximum absolute atomic E-state index is 10.4. The van der Waals surface area contributed by atoms with Gasteiger partial charge in [-0.2, -0.15) is 0 Å². The SMILES string of the molecule is CCOC(=O)CC(C)=O.Clc1ccccc1. The van der Waals surface area contributed by atoms with Crippen LogP contribution >= 0.6 is 11.6 Å². The number of hydrogen-bond donors (Lipinski definition) is 0. The van der Waals surface area contributed by atoms with Gasteiger partial charge >= 0.3 is 5.97 Å². The first-order chi connectivity index (χ1) is 7.56. The standard InChI is InChI=1S/C6H5Cl.C6H10O3/c7-6-4-2-1-3-5-6;1-3-9-6(8)4-5(2)7/h1-5H;3-4H2,1-2H3. The molecule has 3 nitrogen and oxygen atoms in total. The van der Waals surface area contributed by atoms with Gasteiger partial charge in [-0.1, -0.05) is 29.8 Å². The van der Waals surface area contributed by atoms with Gasteiger partial charge in [0.2, 0.25) is 0 Å². The van der Waals surface area contributed by atoms with Crippen LogP contribution in [0.2, 0.25) is 5.02 Å². The molecular weight excluding hydrogens is 228 g/mol. The van der Waals surface area contributed by atoms with Crippen molar-refractivity contribution in [1.29, 1.82) is 0 Å². The molecule has 0 atom stereocenters. The summed E-state index contributed by atoms with van der Waals surface area (Å²) in [5.41, 5.74) is 0. The zero-order chi connectivity index (χ0) is 12.4. The predicted molar refractivity (Wildman–Crippen MR) is 63.4 cm³/mol. The van der Waals surface area contributed by atoms with E-state index >= 15 is 0 Å². The van der Waals surface area contributed by atoms with Gasteiger partial charge in [-0.3, -0.25) is 9.59 Å². The summed E-state index contributed by atoms with van der Waals surface area (Å²) in [6.07, 6.45) is -0.103. The summed E-state index contributed by atoms with van der Waals surface area (Å²) in [6.45, 7) is 3.40. The molecule has 0 aliphatic carbocycles. The minimum Gasteiger partial charge on any atom is -0.466 e. The van der Waals surface area contributed by atoms with Crippen molar-refractivity contribution in [2.75, 3.05) is 6.61 Å². The fourth-order valence-electron chi connectivity index (χ4n) is 0.830. The Kier molecular flexibility index (Phi) is 8.17. The van der Waals surface area contributed by atoms with Crippen molar-refractivity contribution in [2.24, 2.45) is 0 Å². The lowest BCUT2D eigenvalue weighted by atomic mass is 10.3. The molecule has 16 heavy (non-hydrogen) atoms. The molecule has 0 amide bonds. The highest BCUT2D eigenvalue weighted by Crippen LogP contribution is 2.03. The molecule has 1 rings (SSSR count). The van der Waals surface area contributed by atoms with Gasteiger partial charge in [-0.15, -0.1) is 0 Å². The average Bonchev–Trinajstić information content (AvgIpc) is 2.18. The summed E-state index contributed by atoms with van der Waals surface area (Å²) in [6, 6.07) is 9.44. The van der Waals surface area contributed by atoms with E-state index in [9.17, 15) is 9.59 Å². The second-order valence-corrected chi connectivity index (χ2v) is 3.42. The zero-order valence-electron chi connectivity index (χ0n) is 9.40. The van der Waals surface area contributed by atoms with Crippen LogP contribution in [0.3, 0.4) is 0 Å². The van der Waals surface area contributed by atoms with E-state index in [1.165, 1.54) is 6.92 Å². The monoisotopic (exact) mass is 242 g/mol. The molecule has 1 aromatic rings. The van der Waals surface area contributed by atoms with Crippen LogP contribution in [0.1, 0.15) is 20.3 Å². The Morgan fingerprint density at radius 2 is 1.81 bits per heavy atom. The number of esters is 1. The van der Waals surface area contributed by atoms with Gasteiger partial charge in [0.25, 0.3) is 0 Å². The van der Waals surface area contributed by atoms with Crippen molar-refractivity contribution in [2.45, 2.75) is 20.3 Å². The van der Waals surface area contributed by atoms with E-state index in [0.29, 0.717) is 6.61 Å². The Labute approximate surface area is 100 Å². The van der Waals surface area contributed by atoms with E-state index in [1.54, 1.807) is 6.92 Å². The van der Waals surface area contributed by atoms with Crippen molar-refractivity contribution in [3.63, 3.8) is 0 Å². The maximum Gasteiger partial charge on any atom is 0.313 e. The number of carbonyl (C=O) groups excluding carboxylic acids is 2. The summed E-state index contributed by atoms with van der Waals surface area (Å²) < 4.78 is 4.49. The Morgan fingerprint density at radius 1 is 1.25 bits per heavy atom. The summed E-state index contributed by atoms with van der Waals surface area (Å²) in [4.78, 5) is 20.6. The number of hydrogen-bond acceptors (Lipinski definition) is 3. The topological polar surface area (TPSA) is 43.4 Å². The minimum atomic E-state index is -0.440. The van der Waals surface area contributed by atoms with E-state index in [2.05, 4.69) is 4.74 Å². The highest BCUT2D eigenvalue weighted by Gasteiger charge is 2.03. The molecule has 0 fully saturated rings. The first-order valence-electron chi connectivity index (χ1n) is 4.91. The smallest absolute Gasteiger partial charge is 0.313 e. The van der Waals surface area contributed by atoms with Crippen LogP contribution in [0.4, 0.5) is 0 Å². The van der Waals surface area contributed by atoms with Gasteiger partial charge in [-0.05, 0) is 26.0 Å². The van der Waals surface area contributed by atoms with Gasteiger partial charge in [0.15, 0.2) is 0 Å². The number of Topliss-reactive ketones (excluding diaryl/α,β-unsaturated/α-hetero) is 1. The molecule has 0 aliphatic rings. The lowest BCUT2D eigenvalue weighted by Crippen LogP contribution is -2.07. The van der Waals surface area contributed by atoms with Crippen molar-refractivity contribution in [3.05, 3.63) is 35.4 Å². The quantitative estimate of drug-likeness (QED) is 0.605. The third-order valence-electron chi connectivity index (χ3n) is 1.43. The lowest BCUT2D eigenvalue weighted by Gasteiger charge is -1.96. The molecule has 0 unspecified atom stereocenters. The van der Waals surface area contributed by atoms with Crippen molar-refractivity contribution < 1.29 is 14.3 Å². The minimum absolute atomic E-state index is 0.103. The zero-order valence-corrected chi connectivity index (χ0v) is 10.2. The summed E-state index contributed by atoms with van der Waals surface area (Å²) in [5.74, 6) is -0.599. The molecule has 0 spiro atoms. The largest absolute Gasteiger partial charge is 0.466 e. The van der Waals surface area contributed by atoms with Crippen LogP contribution in [0.5, 0.6) is 0 Å². The predicted octanol–water partition coefficient (Wildman–Crippen LogP) is 2.87. The second-order valence-electron chi connectivity index (χ2n) is 2.98. The molecular formula is C12H15ClO3. The Balaban J connectivity index is 0.000000288. The van der Waals surface area contributed by atoms with Gasteiger partial charge in [0, 0.05) is 5.02 Å². The molecule has 0 bridgehead atoms. The van der Waals surface area contributed by atoms with E-state index in [4.69, 9.17) is 11.6 Å². The lowest BCUT2D eigenvalue weighted by molar-refractivity contribution is -0.145. The third kappa shape index (κ3) is 9.21. The number of halogens is 1. The molecule has 0 aliphatic heterocycles. The first kappa shape index (κ1) is 14.6. The summed E-state index contributed by atoms with van der Waals surface area (Å²) in [5, 5.41) is 0.794. The molecule has 0 N–H and O–H groups in total. The van der Waals surface area contributed by atoms with Crippen molar-refractivity contribution in [3.8, 4) is 0 Å². The Morgan fingerprint density at radius 3 is 2.12 bits per heavy atom.